The number of hydrogen-bond acceptors (Lipinski definition) is 2. The highest BCUT2D eigenvalue weighted by Gasteiger charge is 2.24. The van der Waals surface area contributed by atoms with Crippen molar-refractivity contribution in [3.05, 3.63) is 29.8 Å². The molecule has 0 aliphatic heterocycles. The van der Waals surface area contributed by atoms with Crippen molar-refractivity contribution in [3.63, 3.8) is 0 Å². The molecule has 1 aliphatic carbocycles. The summed E-state index contributed by atoms with van der Waals surface area (Å²) in [6.45, 7) is 11.5. The Morgan fingerprint density at radius 2 is 1.53 bits per heavy atom. The van der Waals surface area contributed by atoms with Gasteiger partial charge >= 0.3 is 5.97 Å². The van der Waals surface area contributed by atoms with Gasteiger partial charge in [-0.2, -0.15) is 0 Å². The summed E-state index contributed by atoms with van der Waals surface area (Å²) in [4.78, 5) is 13.0. The second-order valence-corrected chi connectivity index (χ2v) is 10.7. The molecule has 0 radical (unpaired) electrons. The first-order valence-corrected chi connectivity index (χ1v) is 13.8. The molecular formula is C30H50O2. The van der Waals surface area contributed by atoms with Gasteiger partial charge in [0, 0.05) is 0 Å². The Balaban J connectivity index is 1.89. The highest BCUT2D eigenvalue weighted by molar-refractivity contribution is 5.75. The molecule has 1 aliphatic rings. The van der Waals surface area contributed by atoms with Crippen LogP contribution in [0.15, 0.2) is 24.3 Å². The molecule has 0 saturated heterocycles. The van der Waals surface area contributed by atoms with Gasteiger partial charge in [0.25, 0.3) is 0 Å². The number of rotatable bonds is 14. The summed E-state index contributed by atoms with van der Waals surface area (Å²) in [5.74, 6) is 3.74. The standard InChI is InChI=1S/C30H50O2/c1-6-9-12-25(10-7-2)24(5)15-18-28(11-8-3)30(31)32-29-21-19-27(20-22-29)26-16-13-23(4)14-17-26/h19-26,28H,6-18H2,1-5H3. The number of carbonyl (C=O) groups is 1. The number of esters is 1. The third-order valence-electron chi connectivity index (χ3n) is 7.92. The summed E-state index contributed by atoms with van der Waals surface area (Å²) < 4.78 is 5.85. The normalized spacial score (nSPS) is 21.7. The number of hydrogen-bond donors (Lipinski definition) is 0. The lowest BCUT2D eigenvalue weighted by molar-refractivity contribution is -0.139. The molecule has 182 valence electrons. The van der Waals surface area contributed by atoms with Crippen molar-refractivity contribution < 1.29 is 9.53 Å². The average Bonchev–Trinajstić information content (AvgIpc) is 2.80. The predicted molar refractivity (Wildman–Crippen MR) is 137 cm³/mol. The fraction of sp³-hybridized carbons (Fsp3) is 0.767. The SMILES string of the molecule is CCCCC(CCC)C(C)CCC(CCC)C(=O)Oc1ccc(C2CCC(C)CC2)cc1. The molecule has 1 fully saturated rings. The van der Waals surface area contributed by atoms with E-state index in [0.717, 1.165) is 37.5 Å². The van der Waals surface area contributed by atoms with Gasteiger partial charge in [-0.25, -0.2) is 0 Å². The number of carbonyl (C=O) groups excluding carboxylic acids is 1. The smallest absolute Gasteiger partial charge is 0.314 e. The zero-order valence-corrected chi connectivity index (χ0v) is 21.7. The molecule has 0 aromatic heterocycles. The minimum Gasteiger partial charge on any atom is -0.426 e. The number of ether oxygens (including phenoxy) is 1. The van der Waals surface area contributed by atoms with Gasteiger partial charge in [-0.1, -0.05) is 98.1 Å². The van der Waals surface area contributed by atoms with Gasteiger partial charge in [0.05, 0.1) is 5.92 Å². The van der Waals surface area contributed by atoms with Crippen molar-refractivity contribution in [1.29, 1.82) is 0 Å². The van der Waals surface area contributed by atoms with Crippen molar-refractivity contribution in [1.82, 2.24) is 0 Å². The van der Waals surface area contributed by atoms with Crippen molar-refractivity contribution >= 4 is 5.97 Å². The lowest BCUT2D eigenvalue weighted by Gasteiger charge is -2.26. The summed E-state index contributed by atoms with van der Waals surface area (Å²) in [5.41, 5.74) is 1.41. The van der Waals surface area contributed by atoms with Crippen LogP contribution in [0.4, 0.5) is 0 Å². The third-order valence-corrected chi connectivity index (χ3v) is 7.92. The monoisotopic (exact) mass is 442 g/mol. The van der Waals surface area contributed by atoms with E-state index in [9.17, 15) is 4.79 Å². The van der Waals surface area contributed by atoms with E-state index < -0.39 is 0 Å². The molecule has 0 spiro atoms. The molecule has 0 heterocycles. The molecule has 0 amide bonds. The van der Waals surface area contributed by atoms with Crippen LogP contribution in [0.5, 0.6) is 5.75 Å². The fourth-order valence-corrected chi connectivity index (χ4v) is 5.58. The Morgan fingerprint density at radius 3 is 2.12 bits per heavy atom. The van der Waals surface area contributed by atoms with Gasteiger partial charge < -0.3 is 4.74 Å². The minimum absolute atomic E-state index is 0.0235. The highest BCUT2D eigenvalue weighted by atomic mass is 16.5. The van der Waals surface area contributed by atoms with Crippen LogP contribution in [0, 0.1) is 23.7 Å². The average molecular weight is 443 g/mol. The molecule has 1 aromatic rings. The summed E-state index contributed by atoms with van der Waals surface area (Å²) in [7, 11) is 0. The summed E-state index contributed by atoms with van der Waals surface area (Å²) >= 11 is 0. The molecule has 0 bridgehead atoms. The zero-order valence-electron chi connectivity index (χ0n) is 21.7. The third kappa shape index (κ3) is 8.91. The lowest BCUT2D eigenvalue weighted by Crippen LogP contribution is -2.22. The minimum atomic E-state index is -0.0288. The maximum atomic E-state index is 13.0. The first-order valence-electron chi connectivity index (χ1n) is 13.8. The number of benzene rings is 1. The van der Waals surface area contributed by atoms with Crippen molar-refractivity contribution in [3.8, 4) is 5.75 Å². The van der Waals surface area contributed by atoms with Gasteiger partial charge in [-0.15, -0.1) is 0 Å². The maximum Gasteiger partial charge on any atom is 0.314 e. The van der Waals surface area contributed by atoms with E-state index in [0.29, 0.717) is 17.6 Å². The maximum absolute atomic E-state index is 13.0. The quantitative estimate of drug-likeness (QED) is 0.212. The molecule has 3 atom stereocenters. The molecule has 0 N–H and O–H groups in total. The summed E-state index contributed by atoms with van der Waals surface area (Å²) in [6.07, 6.45) is 15.8. The van der Waals surface area contributed by atoms with E-state index in [-0.39, 0.29) is 11.9 Å². The van der Waals surface area contributed by atoms with Crippen LogP contribution in [0.2, 0.25) is 0 Å². The van der Waals surface area contributed by atoms with Crippen LogP contribution in [-0.4, -0.2) is 5.97 Å². The number of unbranched alkanes of at least 4 members (excludes halogenated alkanes) is 1. The van der Waals surface area contributed by atoms with Gasteiger partial charge in [0.1, 0.15) is 5.75 Å². The van der Waals surface area contributed by atoms with Crippen LogP contribution >= 0.6 is 0 Å². The van der Waals surface area contributed by atoms with Crippen LogP contribution in [0.25, 0.3) is 0 Å². The molecule has 2 rings (SSSR count). The zero-order chi connectivity index (χ0) is 23.3. The Morgan fingerprint density at radius 1 is 0.875 bits per heavy atom. The topological polar surface area (TPSA) is 26.3 Å². The van der Waals surface area contributed by atoms with Crippen LogP contribution < -0.4 is 4.74 Å². The molecule has 1 saturated carbocycles. The van der Waals surface area contributed by atoms with Crippen molar-refractivity contribution in [2.24, 2.45) is 23.7 Å². The molecule has 32 heavy (non-hydrogen) atoms. The highest BCUT2D eigenvalue weighted by Crippen LogP contribution is 2.36. The Labute approximate surface area is 198 Å². The molecule has 2 nitrogen and oxygen atoms in total. The van der Waals surface area contributed by atoms with Gasteiger partial charge in [0.2, 0.25) is 0 Å². The van der Waals surface area contributed by atoms with Crippen molar-refractivity contribution in [2.45, 2.75) is 124 Å². The summed E-state index contributed by atoms with van der Waals surface area (Å²) in [6, 6.07) is 8.39. The van der Waals surface area contributed by atoms with Gasteiger partial charge in [0.15, 0.2) is 0 Å². The van der Waals surface area contributed by atoms with E-state index in [1.165, 1.54) is 63.4 Å². The van der Waals surface area contributed by atoms with E-state index in [4.69, 9.17) is 4.74 Å². The second kappa shape index (κ2) is 14.8. The van der Waals surface area contributed by atoms with Gasteiger partial charge in [-0.3, -0.25) is 4.79 Å². The Bertz CT molecular complexity index is 627. The van der Waals surface area contributed by atoms with E-state index in [1.54, 1.807) is 0 Å². The largest absolute Gasteiger partial charge is 0.426 e. The molecular weight excluding hydrogens is 392 g/mol. The first kappa shape index (κ1) is 26.9. The molecule has 1 aromatic carbocycles. The first-order chi connectivity index (χ1) is 15.5. The summed E-state index contributed by atoms with van der Waals surface area (Å²) in [5, 5.41) is 0. The fourth-order valence-electron chi connectivity index (χ4n) is 5.58. The predicted octanol–water partition coefficient (Wildman–Crippen LogP) is 9.32. The van der Waals surface area contributed by atoms with Gasteiger partial charge in [-0.05, 0) is 73.5 Å². The van der Waals surface area contributed by atoms with E-state index in [2.05, 4.69) is 46.8 Å². The van der Waals surface area contributed by atoms with E-state index in [1.807, 2.05) is 12.1 Å². The van der Waals surface area contributed by atoms with E-state index >= 15 is 0 Å². The second-order valence-electron chi connectivity index (χ2n) is 10.7. The van der Waals surface area contributed by atoms with Crippen molar-refractivity contribution in [2.75, 3.05) is 0 Å². The lowest BCUT2D eigenvalue weighted by atomic mass is 9.79. The Kier molecular flexibility index (Phi) is 12.4. The van der Waals surface area contributed by atoms with Crippen LogP contribution in [0.1, 0.15) is 130 Å². The molecule has 2 heteroatoms. The van der Waals surface area contributed by atoms with Crippen LogP contribution in [0.3, 0.4) is 0 Å². The molecule has 3 unspecified atom stereocenters. The van der Waals surface area contributed by atoms with Crippen LogP contribution in [-0.2, 0) is 4.79 Å². The Hall–Kier alpha value is -1.31.